The van der Waals surface area contributed by atoms with E-state index in [4.69, 9.17) is 9.47 Å². The number of ether oxygens (including phenoxy) is 2. The standard InChI is InChI=1S/C22H20N2O4S/c1-14(25)16-10-18-19(28-13-27-18)11-17(16)24-21(26)12-23-22(20-8-5-9-29-20)15-6-3-2-4-7-15/h2-11,22-23H,12-13H2,1H3,(H,24,26)/t22-/m1/s1. The van der Waals surface area contributed by atoms with E-state index in [0.717, 1.165) is 10.4 Å². The Hall–Kier alpha value is -3.16. The number of hydrogen-bond donors (Lipinski definition) is 2. The van der Waals surface area contributed by atoms with E-state index in [1.54, 1.807) is 23.5 Å². The third kappa shape index (κ3) is 4.31. The lowest BCUT2D eigenvalue weighted by Gasteiger charge is -2.18. The van der Waals surface area contributed by atoms with E-state index in [2.05, 4.69) is 10.6 Å². The molecule has 3 aromatic rings. The molecule has 0 fully saturated rings. The van der Waals surface area contributed by atoms with Crippen LogP contribution in [0.25, 0.3) is 0 Å². The van der Waals surface area contributed by atoms with Gasteiger partial charge in [0.25, 0.3) is 0 Å². The molecule has 1 aliphatic heterocycles. The molecule has 29 heavy (non-hydrogen) atoms. The van der Waals surface area contributed by atoms with E-state index in [1.807, 2.05) is 47.8 Å². The molecule has 0 bridgehead atoms. The lowest BCUT2D eigenvalue weighted by atomic mass is 10.1. The SMILES string of the molecule is CC(=O)c1cc2c(cc1NC(=O)CN[C@H](c1ccccc1)c1cccs1)OCO2. The molecule has 0 saturated carbocycles. The normalized spacial score (nSPS) is 13.1. The number of anilines is 1. The molecule has 148 valence electrons. The average Bonchev–Trinajstić information content (AvgIpc) is 3.40. The highest BCUT2D eigenvalue weighted by Crippen LogP contribution is 2.37. The summed E-state index contributed by atoms with van der Waals surface area (Å²) in [5.74, 6) is 0.614. The van der Waals surface area contributed by atoms with Crippen molar-refractivity contribution in [3.63, 3.8) is 0 Å². The van der Waals surface area contributed by atoms with Crippen molar-refractivity contribution in [3.8, 4) is 11.5 Å². The molecule has 2 aromatic carbocycles. The second kappa shape index (κ2) is 8.46. The summed E-state index contributed by atoms with van der Waals surface area (Å²) in [6.45, 7) is 1.64. The van der Waals surface area contributed by atoms with E-state index in [9.17, 15) is 9.59 Å². The molecule has 2 N–H and O–H groups in total. The highest BCUT2D eigenvalue weighted by atomic mass is 32.1. The lowest BCUT2D eigenvalue weighted by Crippen LogP contribution is -2.31. The Bertz CT molecular complexity index is 1020. The van der Waals surface area contributed by atoms with Crippen LogP contribution in [0.2, 0.25) is 0 Å². The zero-order valence-electron chi connectivity index (χ0n) is 15.8. The van der Waals surface area contributed by atoms with Crippen LogP contribution < -0.4 is 20.1 Å². The number of hydrogen-bond acceptors (Lipinski definition) is 6. The van der Waals surface area contributed by atoms with Gasteiger partial charge in [-0.2, -0.15) is 0 Å². The number of rotatable bonds is 7. The molecule has 4 rings (SSSR count). The molecule has 0 radical (unpaired) electrons. The van der Waals surface area contributed by atoms with Crippen LogP contribution in [0.3, 0.4) is 0 Å². The number of fused-ring (bicyclic) bond motifs is 1. The Labute approximate surface area is 172 Å². The Morgan fingerprint density at radius 3 is 2.52 bits per heavy atom. The zero-order chi connectivity index (χ0) is 20.2. The van der Waals surface area contributed by atoms with E-state index >= 15 is 0 Å². The highest BCUT2D eigenvalue weighted by molar-refractivity contribution is 7.10. The van der Waals surface area contributed by atoms with Crippen LogP contribution in [0.4, 0.5) is 5.69 Å². The second-order valence-corrected chi connectivity index (χ2v) is 7.57. The molecular weight excluding hydrogens is 388 g/mol. The second-order valence-electron chi connectivity index (χ2n) is 6.60. The van der Waals surface area contributed by atoms with E-state index < -0.39 is 0 Å². The molecule has 7 heteroatoms. The summed E-state index contributed by atoms with van der Waals surface area (Å²) in [5.41, 5.74) is 1.89. The zero-order valence-corrected chi connectivity index (χ0v) is 16.6. The number of thiophene rings is 1. The Morgan fingerprint density at radius 2 is 1.83 bits per heavy atom. The first-order valence-corrected chi connectivity index (χ1v) is 10.1. The molecule has 0 unspecified atom stereocenters. The van der Waals surface area contributed by atoms with Crippen molar-refractivity contribution in [3.05, 3.63) is 76.0 Å². The summed E-state index contributed by atoms with van der Waals surface area (Å²) in [5, 5.41) is 8.15. The van der Waals surface area contributed by atoms with Gasteiger partial charge in [0.1, 0.15) is 0 Å². The highest BCUT2D eigenvalue weighted by Gasteiger charge is 2.21. The minimum atomic E-state index is -0.246. The maximum absolute atomic E-state index is 12.6. The third-order valence-corrected chi connectivity index (χ3v) is 5.53. The van der Waals surface area contributed by atoms with Crippen molar-refractivity contribution >= 4 is 28.7 Å². The summed E-state index contributed by atoms with van der Waals surface area (Å²) in [7, 11) is 0. The molecular formula is C22H20N2O4S. The number of benzene rings is 2. The van der Waals surface area contributed by atoms with Gasteiger partial charge in [-0.3, -0.25) is 14.9 Å². The van der Waals surface area contributed by atoms with Crippen molar-refractivity contribution < 1.29 is 19.1 Å². The number of nitrogens with one attached hydrogen (secondary N) is 2. The molecule has 1 aromatic heterocycles. The topological polar surface area (TPSA) is 76.7 Å². The molecule has 1 atom stereocenters. The smallest absolute Gasteiger partial charge is 0.238 e. The summed E-state index contributed by atoms with van der Waals surface area (Å²) in [4.78, 5) is 25.8. The summed E-state index contributed by atoms with van der Waals surface area (Å²) in [6.07, 6.45) is 0. The molecule has 6 nitrogen and oxygen atoms in total. The van der Waals surface area contributed by atoms with Gasteiger partial charge < -0.3 is 14.8 Å². The van der Waals surface area contributed by atoms with Gasteiger partial charge in [0, 0.05) is 16.5 Å². The van der Waals surface area contributed by atoms with Crippen LogP contribution >= 0.6 is 11.3 Å². The van der Waals surface area contributed by atoms with Crippen LogP contribution in [0.1, 0.15) is 33.8 Å². The van der Waals surface area contributed by atoms with Crippen molar-refractivity contribution in [2.45, 2.75) is 13.0 Å². The number of carbonyl (C=O) groups excluding carboxylic acids is 2. The van der Waals surface area contributed by atoms with E-state index in [0.29, 0.717) is 22.7 Å². The molecule has 1 amide bonds. The molecule has 0 spiro atoms. The van der Waals surface area contributed by atoms with Crippen LogP contribution in [0.5, 0.6) is 11.5 Å². The quantitative estimate of drug-likeness (QED) is 0.578. The number of carbonyl (C=O) groups is 2. The van der Waals surface area contributed by atoms with Crippen LogP contribution in [-0.2, 0) is 4.79 Å². The Morgan fingerprint density at radius 1 is 1.07 bits per heavy atom. The van der Waals surface area contributed by atoms with Crippen LogP contribution in [0.15, 0.2) is 60.0 Å². The predicted octanol–water partition coefficient (Wildman–Crippen LogP) is 4.00. The predicted molar refractivity (Wildman–Crippen MR) is 112 cm³/mol. The van der Waals surface area contributed by atoms with Gasteiger partial charge in [-0.05, 0) is 30.0 Å². The minimum absolute atomic E-state index is 0.0866. The summed E-state index contributed by atoms with van der Waals surface area (Å²) >= 11 is 1.63. The molecule has 0 aliphatic carbocycles. The van der Waals surface area contributed by atoms with E-state index in [1.165, 1.54) is 6.92 Å². The van der Waals surface area contributed by atoms with Crippen molar-refractivity contribution in [1.29, 1.82) is 0 Å². The number of ketones is 1. The first-order chi connectivity index (χ1) is 14.1. The maximum atomic E-state index is 12.6. The van der Waals surface area contributed by atoms with Gasteiger partial charge >= 0.3 is 0 Å². The minimum Gasteiger partial charge on any atom is -0.454 e. The van der Waals surface area contributed by atoms with Gasteiger partial charge in [0.15, 0.2) is 17.3 Å². The molecule has 2 heterocycles. The fraction of sp³-hybridized carbons (Fsp3) is 0.182. The van der Waals surface area contributed by atoms with Crippen LogP contribution in [0, 0.1) is 0 Å². The summed E-state index contributed by atoms with van der Waals surface area (Å²) < 4.78 is 10.7. The third-order valence-electron chi connectivity index (χ3n) is 4.59. The first-order valence-electron chi connectivity index (χ1n) is 9.18. The van der Waals surface area contributed by atoms with Crippen molar-refractivity contribution in [1.82, 2.24) is 5.32 Å². The van der Waals surface area contributed by atoms with Crippen LogP contribution in [-0.4, -0.2) is 25.0 Å². The summed E-state index contributed by atoms with van der Waals surface area (Å²) in [6, 6.07) is 17.1. The molecule has 1 aliphatic rings. The fourth-order valence-corrected chi connectivity index (χ4v) is 4.04. The fourth-order valence-electron chi connectivity index (χ4n) is 3.21. The van der Waals surface area contributed by atoms with Gasteiger partial charge in [0.05, 0.1) is 18.3 Å². The van der Waals surface area contributed by atoms with Gasteiger partial charge in [0.2, 0.25) is 12.7 Å². The van der Waals surface area contributed by atoms with Gasteiger partial charge in [-0.25, -0.2) is 0 Å². The Kier molecular flexibility index (Phi) is 5.59. The average molecular weight is 408 g/mol. The van der Waals surface area contributed by atoms with Gasteiger partial charge in [-0.1, -0.05) is 36.4 Å². The van der Waals surface area contributed by atoms with Crippen molar-refractivity contribution in [2.24, 2.45) is 0 Å². The monoisotopic (exact) mass is 408 g/mol. The lowest BCUT2D eigenvalue weighted by molar-refractivity contribution is -0.115. The number of amides is 1. The van der Waals surface area contributed by atoms with Crippen molar-refractivity contribution in [2.75, 3.05) is 18.7 Å². The number of Topliss-reactive ketones (excluding diaryl/α,β-unsaturated/α-hetero) is 1. The maximum Gasteiger partial charge on any atom is 0.238 e. The van der Waals surface area contributed by atoms with E-state index in [-0.39, 0.29) is 31.1 Å². The Balaban J connectivity index is 1.49. The first kappa shape index (κ1) is 19.2. The molecule has 0 saturated heterocycles. The van der Waals surface area contributed by atoms with Gasteiger partial charge in [-0.15, -0.1) is 11.3 Å². The largest absolute Gasteiger partial charge is 0.454 e.